The fraction of sp³-hybridized carbons (Fsp3) is 0.526. The molecule has 2 unspecified atom stereocenters. The Hall–Kier alpha value is -2.03. The molecule has 1 aliphatic heterocycles. The van der Waals surface area contributed by atoms with Crippen molar-refractivity contribution >= 4 is 5.57 Å². The van der Waals surface area contributed by atoms with Crippen molar-refractivity contribution in [1.82, 2.24) is 4.90 Å². The third-order valence-electron chi connectivity index (χ3n) is 5.17. The number of aryl methyl sites for hydroxylation is 1. The van der Waals surface area contributed by atoms with Crippen molar-refractivity contribution in [2.75, 3.05) is 20.7 Å². The van der Waals surface area contributed by atoms with Gasteiger partial charge >= 0.3 is 0 Å². The largest absolute Gasteiger partial charge is 0.493 e. The normalized spacial score (nSPS) is 25.6. The topological polar surface area (TPSA) is 65.7 Å². The van der Waals surface area contributed by atoms with E-state index in [1.54, 1.807) is 7.11 Å². The first kappa shape index (κ1) is 16.8. The molecule has 1 aromatic rings. The fourth-order valence-electron chi connectivity index (χ4n) is 3.83. The van der Waals surface area contributed by atoms with Crippen LogP contribution in [-0.2, 0) is 0 Å². The van der Waals surface area contributed by atoms with Crippen molar-refractivity contribution in [3.8, 4) is 17.6 Å². The molecule has 3 rings (SSSR count). The summed E-state index contributed by atoms with van der Waals surface area (Å²) in [4.78, 5) is 2.01. The number of fused-ring (bicyclic) bond motifs is 3. The average Bonchev–Trinajstić information content (AvgIpc) is 2.98. The number of nitrogens with zero attached hydrogens (tertiary/aromatic N) is 2. The van der Waals surface area contributed by atoms with Crippen LogP contribution < -0.4 is 9.47 Å². The van der Waals surface area contributed by atoms with Gasteiger partial charge in [0, 0.05) is 17.6 Å². The van der Waals surface area contributed by atoms with Gasteiger partial charge in [0.05, 0.1) is 19.3 Å². The number of nitriles is 1. The number of methoxy groups -OCH3 is 1. The molecule has 5 heteroatoms. The van der Waals surface area contributed by atoms with Crippen molar-refractivity contribution < 1.29 is 14.6 Å². The Kier molecular flexibility index (Phi) is 4.06. The van der Waals surface area contributed by atoms with E-state index in [1.165, 1.54) is 0 Å². The molecule has 0 amide bonds. The van der Waals surface area contributed by atoms with Crippen LogP contribution >= 0.6 is 0 Å². The second-order valence-corrected chi connectivity index (χ2v) is 6.80. The van der Waals surface area contributed by atoms with Crippen LogP contribution in [0, 0.1) is 18.3 Å². The lowest BCUT2D eigenvalue weighted by Crippen LogP contribution is -2.28. The Balaban J connectivity index is 2.29. The van der Waals surface area contributed by atoms with Crippen LogP contribution in [0.1, 0.15) is 43.0 Å². The number of ether oxygens (including phenoxy) is 2. The number of aliphatic hydroxyl groups is 1. The molecule has 1 heterocycles. The van der Waals surface area contributed by atoms with E-state index < -0.39 is 11.7 Å². The Morgan fingerprint density at radius 1 is 1.58 bits per heavy atom. The van der Waals surface area contributed by atoms with Gasteiger partial charge in [-0.3, -0.25) is 4.90 Å². The molecule has 1 aliphatic carbocycles. The Morgan fingerprint density at radius 2 is 2.29 bits per heavy atom. The lowest BCUT2D eigenvalue weighted by molar-refractivity contribution is 0.108. The van der Waals surface area contributed by atoms with Crippen molar-refractivity contribution in [3.63, 3.8) is 0 Å². The molecule has 0 saturated carbocycles. The fourth-order valence-corrected chi connectivity index (χ4v) is 3.83. The second kappa shape index (κ2) is 5.80. The summed E-state index contributed by atoms with van der Waals surface area (Å²) in [5.74, 6) is 1.36. The van der Waals surface area contributed by atoms with Gasteiger partial charge in [0.1, 0.15) is 11.6 Å². The number of hydrogen-bond acceptors (Lipinski definition) is 5. The van der Waals surface area contributed by atoms with E-state index in [-0.39, 0.29) is 6.04 Å². The highest BCUT2D eigenvalue weighted by molar-refractivity contribution is 5.87. The van der Waals surface area contributed by atoms with Gasteiger partial charge in [-0.2, -0.15) is 5.26 Å². The van der Waals surface area contributed by atoms with Gasteiger partial charge in [-0.15, -0.1) is 0 Å². The molecule has 24 heavy (non-hydrogen) atoms. The van der Waals surface area contributed by atoms with Gasteiger partial charge in [0.25, 0.3) is 0 Å². The average molecular weight is 328 g/mol. The van der Waals surface area contributed by atoms with Gasteiger partial charge in [-0.05, 0) is 50.7 Å². The lowest BCUT2D eigenvalue weighted by atomic mass is 9.86. The van der Waals surface area contributed by atoms with Crippen molar-refractivity contribution in [3.05, 3.63) is 28.8 Å². The summed E-state index contributed by atoms with van der Waals surface area (Å²) < 4.78 is 11.8. The van der Waals surface area contributed by atoms with Crippen LogP contribution in [-0.4, -0.2) is 42.4 Å². The minimum absolute atomic E-state index is 0.376. The highest BCUT2D eigenvalue weighted by atomic mass is 16.5. The summed E-state index contributed by atoms with van der Waals surface area (Å²) in [5.41, 5.74) is 3.25. The maximum atomic E-state index is 10.1. The monoisotopic (exact) mass is 328 g/mol. The van der Waals surface area contributed by atoms with Crippen LogP contribution in [0.15, 0.2) is 12.1 Å². The molecule has 5 nitrogen and oxygen atoms in total. The van der Waals surface area contributed by atoms with E-state index in [4.69, 9.17) is 9.47 Å². The van der Waals surface area contributed by atoms with Gasteiger partial charge in [-0.25, -0.2) is 0 Å². The lowest BCUT2D eigenvalue weighted by Gasteiger charge is -2.25. The smallest absolute Gasteiger partial charge is 0.170 e. The van der Waals surface area contributed by atoms with E-state index in [2.05, 4.69) is 6.07 Å². The summed E-state index contributed by atoms with van der Waals surface area (Å²) in [6.07, 6.45) is 1.84. The van der Waals surface area contributed by atoms with Crippen molar-refractivity contribution in [2.24, 2.45) is 0 Å². The first-order valence-electron chi connectivity index (χ1n) is 8.27. The zero-order valence-corrected chi connectivity index (χ0v) is 14.9. The summed E-state index contributed by atoms with van der Waals surface area (Å²) in [7, 11) is 3.56. The molecule has 3 atom stereocenters. The SMILES string of the molecule is CCN(C)C(C#N)c1c(C)cc(OC)c2c1C1=C[C@H](O)CC1(C)O2. The van der Waals surface area contributed by atoms with Crippen LogP contribution in [0.25, 0.3) is 5.57 Å². The summed E-state index contributed by atoms with van der Waals surface area (Å²) in [6.45, 7) is 6.77. The summed E-state index contributed by atoms with van der Waals surface area (Å²) in [6, 6.07) is 3.98. The number of benzene rings is 1. The first-order chi connectivity index (χ1) is 11.4. The molecule has 128 valence electrons. The quantitative estimate of drug-likeness (QED) is 0.920. The summed E-state index contributed by atoms with van der Waals surface area (Å²) in [5, 5.41) is 19.9. The molecular formula is C19H24N2O3. The van der Waals surface area contributed by atoms with E-state index in [9.17, 15) is 10.4 Å². The van der Waals surface area contributed by atoms with Crippen molar-refractivity contribution in [1.29, 1.82) is 5.26 Å². The molecule has 0 fully saturated rings. The first-order valence-corrected chi connectivity index (χ1v) is 8.27. The molecule has 0 spiro atoms. The minimum atomic E-state index is -0.567. The minimum Gasteiger partial charge on any atom is -0.493 e. The standard InChI is InChI=1S/C19H24N2O3/c1-6-21(4)14(10-20)16-11(2)7-15(23-5)18-17(16)13-8-12(22)9-19(13,3)24-18/h7-8,12,14,22H,6,9H2,1-5H3/t12-,14?,19?/m0/s1. The maximum Gasteiger partial charge on any atom is 0.170 e. The van der Waals surface area contributed by atoms with Crippen LogP contribution in [0.5, 0.6) is 11.5 Å². The number of rotatable bonds is 4. The molecule has 0 aromatic heterocycles. The molecule has 2 aliphatic rings. The number of aliphatic hydroxyl groups excluding tert-OH is 1. The Bertz CT molecular complexity index is 750. The zero-order valence-electron chi connectivity index (χ0n) is 14.9. The Morgan fingerprint density at radius 3 is 2.88 bits per heavy atom. The zero-order chi connectivity index (χ0) is 17.6. The van der Waals surface area contributed by atoms with Crippen LogP contribution in [0.4, 0.5) is 0 Å². The third-order valence-corrected chi connectivity index (χ3v) is 5.17. The van der Waals surface area contributed by atoms with E-state index in [0.717, 1.165) is 28.8 Å². The van der Waals surface area contributed by atoms with Gasteiger partial charge in [-0.1, -0.05) is 6.92 Å². The highest BCUT2D eigenvalue weighted by Gasteiger charge is 2.49. The van der Waals surface area contributed by atoms with E-state index in [0.29, 0.717) is 17.9 Å². The molecule has 1 aromatic carbocycles. The third kappa shape index (κ3) is 2.29. The van der Waals surface area contributed by atoms with Crippen LogP contribution in [0.3, 0.4) is 0 Å². The molecular weight excluding hydrogens is 304 g/mol. The maximum absolute atomic E-state index is 10.1. The molecule has 0 saturated heterocycles. The predicted octanol–water partition coefficient (Wildman–Crippen LogP) is 2.82. The van der Waals surface area contributed by atoms with Gasteiger partial charge in [0.2, 0.25) is 0 Å². The number of hydrogen-bond donors (Lipinski definition) is 1. The summed E-state index contributed by atoms with van der Waals surface area (Å²) >= 11 is 0. The van der Waals surface area contributed by atoms with E-state index in [1.807, 2.05) is 44.9 Å². The van der Waals surface area contributed by atoms with Crippen molar-refractivity contribution in [2.45, 2.75) is 44.9 Å². The van der Waals surface area contributed by atoms with Gasteiger partial charge in [0.15, 0.2) is 11.5 Å². The second-order valence-electron chi connectivity index (χ2n) is 6.80. The molecule has 0 bridgehead atoms. The molecule has 0 radical (unpaired) electrons. The highest BCUT2D eigenvalue weighted by Crippen LogP contribution is 2.56. The Labute approximate surface area is 143 Å². The predicted molar refractivity (Wildman–Crippen MR) is 92.0 cm³/mol. The van der Waals surface area contributed by atoms with Crippen LogP contribution in [0.2, 0.25) is 0 Å². The van der Waals surface area contributed by atoms with E-state index >= 15 is 0 Å². The molecule has 1 N–H and O–H groups in total. The van der Waals surface area contributed by atoms with Gasteiger partial charge < -0.3 is 14.6 Å².